The molecule has 0 radical (unpaired) electrons. The van der Waals surface area contributed by atoms with Gasteiger partial charge in [-0.05, 0) is 65.2 Å². The van der Waals surface area contributed by atoms with Gasteiger partial charge in [0.15, 0.2) is 17.5 Å². The van der Waals surface area contributed by atoms with Crippen molar-refractivity contribution < 1.29 is 8.83 Å². The van der Waals surface area contributed by atoms with Gasteiger partial charge in [0, 0.05) is 60.3 Å². The maximum Gasteiger partial charge on any atom is 0.164 e. The second-order valence-electron chi connectivity index (χ2n) is 15.9. The Labute approximate surface area is 361 Å². The van der Waals surface area contributed by atoms with Crippen molar-refractivity contribution in [2.75, 3.05) is 0 Å². The summed E-state index contributed by atoms with van der Waals surface area (Å²) in [6, 6.07) is 71.5. The fourth-order valence-corrected chi connectivity index (χ4v) is 9.32. The Hall–Kier alpha value is -8.61. The molecule has 13 aromatic rings. The molecule has 4 aromatic heterocycles. The largest absolute Gasteiger partial charge is 0.456 e. The molecule has 63 heavy (non-hydrogen) atoms. The summed E-state index contributed by atoms with van der Waals surface area (Å²) in [5.41, 5.74) is 13.7. The molecule has 0 atom stereocenters. The normalized spacial score (nSPS) is 11.8. The molecule has 0 saturated carbocycles. The van der Waals surface area contributed by atoms with Gasteiger partial charge in [-0.15, -0.1) is 0 Å². The molecule has 0 aliphatic carbocycles. The molecule has 0 amide bonds. The standard InChI is InChI=1S/C57H34N4O2/c1-3-13-35(14-4-1)39-29-31-49-46(33-39)42-17-7-9-22-48(42)61(49)40-30-32-51-47(34-40)53-45(21-12-24-52(53)62-51)57-59-55(37-15-5-2-6-16-37)58-56(60-57)38-27-25-36(26-28-38)41-19-11-20-44-43-18-8-10-23-50(43)63-54(41)44/h1-34H. The zero-order valence-electron chi connectivity index (χ0n) is 33.7. The van der Waals surface area contributed by atoms with Crippen LogP contribution in [0.3, 0.4) is 0 Å². The van der Waals surface area contributed by atoms with Crippen LogP contribution in [0.4, 0.5) is 0 Å². The van der Waals surface area contributed by atoms with E-state index in [1.165, 1.54) is 21.9 Å². The van der Waals surface area contributed by atoms with E-state index in [0.29, 0.717) is 17.5 Å². The van der Waals surface area contributed by atoms with Gasteiger partial charge in [0.2, 0.25) is 0 Å². The number of hydrogen-bond donors (Lipinski definition) is 0. The lowest BCUT2D eigenvalue weighted by molar-refractivity contribution is 0.669. The van der Waals surface area contributed by atoms with E-state index in [4.69, 9.17) is 23.8 Å². The van der Waals surface area contributed by atoms with Gasteiger partial charge >= 0.3 is 0 Å². The molecule has 0 fully saturated rings. The summed E-state index contributed by atoms with van der Waals surface area (Å²) in [5, 5.41) is 6.55. The first-order valence-electron chi connectivity index (χ1n) is 21.1. The van der Waals surface area contributed by atoms with Crippen molar-refractivity contribution >= 4 is 65.7 Å². The Bertz CT molecular complexity index is 3900. The summed E-state index contributed by atoms with van der Waals surface area (Å²) >= 11 is 0. The minimum Gasteiger partial charge on any atom is -0.456 e. The van der Waals surface area contributed by atoms with Crippen molar-refractivity contribution in [2.45, 2.75) is 0 Å². The van der Waals surface area contributed by atoms with Crippen LogP contribution in [0.15, 0.2) is 215 Å². The van der Waals surface area contributed by atoms with Gasteiger partial charge in [-0.25, -0.2) is 15.0 Å². The molecular weight excluding hydrogens is 773 g/mol. The quantitative estimate of drug-likeness (QED) is 0.167. The number of aromatic nitrogens is 4. The average Bonchev–Trinajstić information content (AvgIpc) is 4.04. The lowest BCUT2D eigenvalue weighted by atomic mass is 10.0. The van der Waals surface area contributed by atoms with Crippen molar-refractivity contribution in [2.24, 2.45) is 0 Å². The van der Waals surface area contributed by atoms with E-state index >= 15 is 0 Å². The third-order valence-electron chi connectivity index (χ3n) is 12.3. The molecule has 0 N–H and O–H groups in total. The number of furan rings is 2. The number of hydrogen-bond acceptors (Lipinski definition) is 5. The van der Waals surface area contributed by atoms with Crippen molar-refractivity contribution in [1.29, 1.82) is 0 Å². The lowest BCUT2D eigenvalue weighted by Crippen LogP contribution is -2.00. The second-order valence-corrected chi connectivity index (χ2v) is 15.9. The number of benzene rings is 9. The maximum absolute atomic E-state index is 6.57. The Kier molecular flexibility index (Phi) is 7.80. The van der Waals surface area contributed by atoms with Crippen molar-refractivity contribution in [3.63, 3.8) is 0 Å². The van der Waals surface area contributed by atoms with E-state index in [0.717, 1.165) is 88.4 Å². The van der Waals surface area contributed by atoms with Gasteiger partial charge in [0.25, 0.3) is 0 Å². The van der Waals surface area contributed by atoms with Crippen LogP contribution < -0.4 is 0 Å². The van der Waals surface area contributed by atoms with Crippen LogP contribution in [0.25, 0.3) is 128 Å². The molecule has 0 saturated heterocycles. The van der Waals surface area contributed by atoms with Crippen molar-refractivity contribution in [1.82, 2.24) is 19.5 Å². The predicted octanol–water partition coefficient (Wildman–Crippen LogP) is 15.1. The first kappa shape index (κ1) is 35.2. The summed E-state index contributed by atoms with van der Waals surface area (Å²) in [6.45, 7) is 0. The second kappa shape index (κ2) is 14.0. The fourth-order valence-electron chi connectivity index (χ4n) is 9.32. The molecule has 6 nitrogen and oxygen atoms in total. The van der Waals surface area contributed by atoms with Crippen LogP contribution in [0.5, 0.6) is 0 Å². The molecule has 294 valence electrons. The van der Waals surface area contributed by atoms with Gasteiger partial charge in [0.05, 0.1) is 11.0 Å². The number of fused-ring (bicyclic) bond motifs is 9. The first-order chi connectivity index (χ1) is 31.2. The Morgan fingerprint density at radius 1 is 0.317 bits per heavy atom. The minimum atomic E-state index is 0.569. The van der Waals surface area contributed by atoms with Crippen LogP contribution in [0, 0.1) is 0 Å². The SMILES string of the molecule is c1ccc(-c2ccc3c(c2)c2ccccc2n3-c2ccc3oc4cccc(-c5nc(-c6ccccc6)nc(-c6ccc(-c7cccc8c7oc7ccccc78)cc6)n5)c4c3c2)cc1. The Morgan fingerprint density at radius 3 is 1.73 bits per heavy atom. The third-order valence-corrected chi connectivity index (χ3v) is 12.3. The highest BCUT2D eigenvalue weighted by atomic mass is 16.3. The van der Waals surface area contributed by atoms with Crippen LogP contribution in [-0.4, -0.2) is 19.5 Å². The number of rotatable bonds is 6. The highest BCUT2D eigenvalue weighted by Gasteiger charge is 2.20. The van der Waals surface area contributed by atoms with Gasteiger partial charge < -0.3 is 13.4 Å². The zero-order chi connectivity index (χ0) is 41.4. The van der Waals surface area contributed by atoms with Gasteiger partial charge in [-0.1, -0.05) is 158 Å². The highest BCUT2D eigenvalue weighted by molar-refractivity contribution is 6.14. The first-order valence-corrected chi connectivity index (χ1v) is 21.1. The fraction of sp³-hybridized carbons (Fsp3) is 0. The Balaban J connectivity index is 0.961. The van der Waals surface area contributed by atoms with Gasteiger partial charge in [-0.3, -0.25) is 0 Å². The van der Waals surface area contributed by atoms with Gasteiger partial charge in [-0.2, -0.15) is 0 Å². The topological polar surface area (TPSA) is 69.9 Å². The molecule has 4 heterocycles. The summed E-state index contributed by atoms with van der Waals surface area (Å²) < 4.78 is 15.3. The highest BCUT2D eigenvalue weighted by Crippen LogP contribution is 2.41. The van der Waals surface area contributed by atoms with E-state index < -0.39 is 0 Å². The van der Waals surface area contributed by atoms with Crippen LogP contribution in [0.1, 0.15) is 0 Å². The minimum absolute atomic E-state index is 0.569. The number of nitrogens with zero attached hydrogens (tertiary/aromatic N) is 4. The number of para-hydroxylation sites is 3. The summed E-state index contributed by atoms with van der Waals surface area (Å²) in [7, 11) is 0. The predicted molar refractivity (Wildman–Crippen MR) is 256 cm³/mol. The van der Waals surface area contributed by atoms with E-state index in [2.05, 4.69) is 150 Å². The third kappa shape index (κ3) is 5.69. The molecular formula is C57H34N4O2. The molecule has 0 unspecified atom stereocenters. The van der Waals surface area contributed by atoms with E-state index in [-0.39, 0.29) is 0 Å². The molecule has 0 aliphatic rings. The van der Waals surface area contributed by atoms with E-state index in [1.807, 2.05) is 60.7 Å². The van der Waals surface area contributed by atoms with Crippen LogP contribution >= 0.6 is 0 Å². The van der Waals surface area contributed by atoms with E-state index in [1.54, 1.807) is 0 Å². The molecule has 0 spiro atoms. The smallest absolute Gasteiger partial charge is 0.164 e. The van der Waals surface area contributed by atoms with E-state index in [9.17, 15) is 0 Å². The summed E-state index contributed by atoms with van der Waals surface area (Å²) in [5.74, 6) is 1.74. The lowest BCUT2D eigenvalue weighted by Gasteiger charge is -2.11. The Morgan fingerprint density at radius 2 is 0.905 bits per heavy atom. The maximum atomic E-state index is 6.57. The molecule has 0 bridgehead atoms. The molecule has 0 aliphatic heterocycles. The van der Waals surface area contributed by atoms with Crippen molar-refractivity contribution in [3.8, 4) is 62.1 Å². The van der Waals surface area contributed by atoms with Crippen LogP contribution in [-0.2, 0) is 0 Å². The molecule has 9 aromatic carbocycles. The average molecular weight is 807 g/mol. The van der Waals surface area contributed by atoms with Gasteiger partial charge in [0.1, 0.15) is 22.3 Å². The van der Waals surface area contributed by atoms with Crippen molar-refractivity contribution in [3.05, 3.63) is 206 Å². The monoisotopic (exact) mass is 806 g/mol. The zero-order valence-corrected chi connectivity index (χ0v) is 33.7. The summed E-state index contributed by atoms with van der Waals surface area (Å²) in [6.07, 6.45) is 0. The van der Waals surface area contributed by atoms with Crippen LogP contribution in [0.2, 0.25) is 0 Å². The summed E-state index contributed by atoms with van der Waals surface area (Å²) in [4.78, 5) is 15.5. The molecule has 13 rings (SSSR count). The molecule has 6 heteroatoms.